The fourth-order valence-corrected chi connectivity index (χ4v) is 4.21. The minimum atomic E-state index is -0.359. The minimum absolute atomic E-state index is 0.0438. The fourth-order valence-electron chi connectivity index (χ4n) is 4.21. The summed E-state index contributed by atoms with van der Waals surface area (Å²) in [5.41, 5.74) is 0.934. The molecule has 4 atom stereocenters. The first-order valence-corrected chi connectivity index (χ1v) is 9.24. The van der Waals surface area contributed by atoms with Crippen LogP contribution in [0, 0.1) is 17.8 Å². The van der Waals surface area contributed by atoms with Crippen LogP contribution in [-0.4, -0.2) is 34.9 Å². The predicted molar refractivity (Wildman–Crippen MR) is 95.9 cm³/mol. The van der Waals surface area contributed by atoms with E-state index in [1.807, 2.05) is 51.1 Å². The van der Waals surface area contributed by atoms with Crippen LogP contribution in [0.25, 0.3) is 0 Å². The van der Waals surface area contributed by atoms with Crippen LogP contribution in [0.3, 0.4) is 0 Å². The molecule has 1 saturated heterocycles. The zero-order valence-electron chi connectivity index (χ0n) is 15.5. The zero-order valence-corrected chi connectivity index (χ0v) is 15.5. The van der Waals surface area contributed by atoms with Gasteiger partial charge in [-0.25, -0.2) is 4.79 Å². The Labute approximate surface area is 153 Å². The average Bonchev–Trinajstić information content (AvgIpc) is 3.13. The molecule has 3 amide bonds. The second kappa shape index (κ2) is 7.48. The molecule has 0 bridgehead atoms. The number of fused-ring (bicyclic) bond motifs is 1. The highest BCUT2D eigenvalue weighted by Gasteiger charge is 2.56. The van der Waals surface area contributed by atoms with E-state index in [1.165, 1.54) is 4.90 Å². The number of amides is 3. The molecule has 1 saturated carbocycles. The van der Waals surface area contributed by atoms with Gasteiger partial charge in [0.2, 0.25) is 5.91 Å². The molecule has 2 fully saturated rings. The first-order chi connectivity index (χ1) is 12.4. The van der Waals surface area contributed by atoms with Crippen LogP contribution in [0.15, 0.2) is 30.3 Å². The molecule has 26 heavy (non-hydrogen) atoms. The highest BCUT2D eigenvalue weighted by molar-refractivity contribution is 5.98. The molecule has 0 aromatic heterocycles. The summed E-state index contributed by atoms with van der Waals surface area (Å²) in [4.78, 5) is 39.0. The molecule has 1 aromatic carbocycles. The van der Waals surface area contributed by atoms with E-state index in [-0.39, 0.29) is 54.4 Å². The van der Waals surface area contributed by atoms with Crippen molar-refractivity contribution in [2.75, 3.05) is 0 Å². The Balaban J connectivity index is 1.68. The monoisotopic (exact) mass is 358 g/mol. The van der Waals surface area contributed by atoms with Crippen LogP contribution < -0.4 is 5.32 Å². The van der Waals surface area contributed by atoms with Crippen LogP contribution in [0.5, 0.6) is 0 Å². The van der Waals surface area contributed by atoms with Gasteiger partial charge in [-0.1, -0.05) is 37.3 Å². The first-order valence-electron chi connectivity index (χ1n) is 9.24. The molecular weight excluding hydrogens is 332 g/mol. The van der Waals surface area contributed by atoms with E-state index in [4.69, 9.17) is 4.74 Å². The highest BCUT2D eigenvalue weighted by atomic mass is 16.5. The van der Waals surface area contributed by atoms with Gasteiger partial charge in [-0.05, 0) is 32.3 Å². The number of benzene rings is 1. The van der Waals surface area contributed by atoms with Gasteiger partial charge in [0.15, 0.2) is 0 Å². The molecule has 6 nitrogen and oxygen atoms in total. The number of rotatable bonds is 4. The van der Waals surface area contributed by atoms with Crippen LogP contribution in [0.4, 0.5) is 4.79 Å². The van der Waals surface area contributed by atoms with Crippen molar-refractivity contribution in [1.82, 2.24) is 10.2 Å². The standard InChI is InChI=1S/C20H26N2O4/c1-12(2)21-20(25)22-16-10-9-15(17(16)13(3)18(22)23)19(24)26-11-14-7-5-4-6-8-14/h4-8,12-13,15-17H,9-11H2,1-3H3,(H,21,25)/t13-,15?,16-,17-/m0/s1. The van der Waals surface area contributed by atoms with E-state index in [0.29, 0.717) is 12.8 Å². The number of hydrogen-bond acceptors (Lipinski definition) is 4. The average molecular weight is 358 g/mol. The number of nitrogens with zero attached hydrogens (tertiary/aromatic N) is 1. The lowest BCUT2D eigenvalue weighted by Gasteiger charge is -2.24. The Kier molecular flexibility index (Phi) is 5.30. The third-order valence-electron chi connectivity index (χ3n) is 5.38. The predicted octanol–water partition coefficient (Wildman–Crippen LogP) is 2.72. The first kappa shape index (κ1) is 18.4. The summed E-state index contributed by atoms with van der Waals surface area (Å²) < 4.78 is 5.49. The van der Waals surface area contributed by atoms with E-state index < -0.39 is 0 Å². The molecule has 2 aliphatic rings. The lowest BCUT2D eigenvalue weighted by atomic mass is 9.86. The third-order valence-corrected chi connectivity index (χ3v) is 5.38. The van der Waals surface area contributed by atoms with Crippen molar-refractivity contribution in [2.24, 2.45) is 17.8 Å². The van der Waals surface area contributed by atoms with Gasteiger partial charge >= 0.3 is 12.0 Å². The molecule has 1 aliphatic carbocycles. The Morgan fingerprint density at radius 3 is 2.58 bits per heavy atom. The summed E-state index contributed by atoms with van der Waals surface area (Å²) in [5, 5.41) is 2.79. The molecule has 0 spiro atoms. The van der Waals surface area contributed by atoms with Gasteiger partial charge in [0.1, 0.15) is 6.61 Å². The number of imide groups is 1. The van der Waals surface area contributed by atoms with Gasteiger partial charge in [0.25, 0.3) is 0 Å². The molecule has 1 aliphatic heterocycles. The number of hydrogen-bond donors (Lipinski definition) is 1. The van der Waals surface area contributed by atoms with Crippen molar-refractivity contribution < 1.29 is 19.1 Å². The lowest BCUT2D eigenvalue weighted by Crippen LogP contribution is -2.47. The van der Waals surface area contributed by atoms with Gasteiger partial charge in [-0.3, -0.25) is 14.5 Å². The summed E-state index contributed by atoms with van der Waals surface area (Å²) in [5.74, 6) is -1.32. The molecule has 1 aromatic rings. The molecule has 3 rings (SSSR count). The van der Waals surface area contributed by atoms with Crippen molar-refractivity contribution in [3.05, 3.63) is 35.9 Å². The zero-order chi connectivity index (χ0) is 18.8. The number of ether oxygens (including phenoxy) is 1. The van der Waals surface area contributed by atoms with E-state index in [9.17, 15) is 14.4 Å². The van der Waals surface area contributed by atoms with Crippen LogP contribution >= 0.6 is 0 Å². The van der Waals surface area contributed by atoms with E-state index in [1.54, 1.807) is 0 Å². The maximum atomic E-state index is 12.6. The normalized spacial score (nSPS) is 27.5. The lowest BCUT2D eigenvalue weighted by molar-refractivity contribution is -0.151. The molecule has 0 radical (unpaired) electrons. The van der Waals surface area contributed by atoms with Gasteiger partial charge in [0.05, 0.1) is 5.92 Å². The highest BCUT2D eigenvalue weighted by Crippen LogP contribution is 2.46. The minimum Gasteiger partial charge on any atom is -0.461 e. The maximum Gasteiger partial charge on any atom is 0.324 e. The quantitative estimate of drug-likeness (QED) is 0.840. The second-order valence-electron chi connectivity index (χ2n) is 7.52. The largest absolute Gasteiger partial charge is 0.461 e. The van der Waals surface area contributed by atoms with Crippen LogP contribution in [-0.2, 0) is 20.9 Å². The van der Waals surface area contributed by atoms with Gasteiger partial charge in [-0.2, -0.15) is 0 Å². The number of carbonyl (C=O) groups excluding carboxylic acids is 3. The third kappa shape index (κ3) is 3.45. The SMILES string of the molecule is CC(C)NC(=O)N1C(=O)[C@@H](C)[C@H]2C(C(=O)OCc3ccccc3)CC[C@@H]21. The second-order valence-corrected chi connectivity index (χ2v) is 7.52. The van der Waals surface area contributed by atoms with Crippen molar-refractivity contribution >= 4 is 17.9 Å². The molecule has 6 heteroatoms. The number of urea groups is 1. The topological polar surface area (TPSA) is 75.7 Å². The summed E-state index contributed by atoms with van der Waals surface area (Å²) in [6.07, 6.45) is 1.30. The van der Waals surface area contributed by atoms with Crippen molar-refractivity contribution in [1.29, 1.82) is 0 Å². The summed E-state index contributed by atoms with van der Waals surface area (Å²) in [6.45, 7) is 5.76. The van der Waals surface area contributed by atoms with Gasteiger partial charge in [0, 0.05) is 23.9 Å². The smallest absolute Gasteiger partial charge is 0.324 e. The Hall–Kier alpha value is -2.37. The van der Waals surface area contributed by atoms with E-state index >= 15 is 0 Å². The number of carbonyl (C=O) groups is 3. The van der Waals surface area contributed by atoms with Crippen LogP contribution in [0.1, 0.15) is 39.2 Å². The van der Waals surface area contributed by atoms with Gasteiger partial charge in [-0.15, -0.1) is 0 Å². The Bertz CT molecular complexity index is 688. The van der Waals surface area contributed by atoms with Gasteiger partial charge < -0.3 is 10.1 Å². The van der Waals surface area contributed by atoms with Crippen molar-refractivity contribution in [3.8, 4) is 0 Å². The molecule has 1 unspecified atom stereocenters. The molecule has 1 N–H and O–H groups in total. The molecular formula is C20H26N2O4. The maximum absolute atomic E-state index is 12.6. The number of likely N-dealkylation sites (tertiary alicyclic amines) is 1. The van der Waals surface area contributed by atoms with E-state index in [0.717, 1.165) is 5.56 Å². The summed E-state index contributed by atoms with van der Waals surface area (Å²) in [7, 11) is 0. The summed E-state index contributed by atoms with van der Waals surface area (Å²) in [6, 6.07) is 8.91. The van der Waals surface area contributed by atoms with Crippen molar-refractivity contribution in [2.45, 2.75) is 52.3 Å². The van der Waals surface area contributed by atoms with Crippen LogP contribution in [0.2, 0.25) is 0 Å². The molecule has 1 heterocycles. The van der Waals surface area contributed by atoms with E-state index in [2.05, 4.69) is 5.32 Å². The van der Waals surface area contributed by atoms with Crippen molar-refractivity contribution in [3.63, 3.8) is 0 Å². The molecule has 140 valence electrons. The Morgan fingerprint density at radius 1 is 1.23 bits per heavy atom. The summed E-state index contributed by atoms with van der Waals surface area (Å²) >= 11 is 0. The number of nitrogens with one attached hydrogen (secondary N) is 1. The Morgan fingerprint density at radius 2 is 1.92 bits per heavy atom. The fraction of sp³-hybridized carbons (Fsp3) is 0.550. The number of esters is 1.